The minimum atomic E-state index is -4.30. The molecule has 0 heterocycles. The van der Waals surface area contributed by atoms with Crippen LogP contribution in [0.3, 0.4) is 0 Å². The highest BCUT2D eigenvalue weighted by molar-refractivity contribution is 5.26. The van der Waals surface area contributed by atoms with Gasteiger partial charge in [-0.2, -0.15) is 13.2 Å². The third-order valence-corrected chi connectivity index (χ3v) is 2.36. The molecule has 0 aliphatic heterocycles. The molecule has 0 spiro atoms. The van der Waals surface area contributed by atoms with Crippen LogP contribution in [0.4, 0.5) is 13.2 Å². The Hall–Kier alpha value is -1.29. The fraction of sp³-hybridized carbons (Fsp3) is 0.385. The van der Waals surface area contributed by atoms with Crippen molar-refractivity contribution in [2.75, 3.05) is 0 Å². The number of halogens is 3. The van der Waals surface area contributed by atoms with E-state index in [0.29, 0.717) is 18.4 Å². The van der Waals surface area contributed by atoms with Crippen LogP contribution < -0.4 is 5.73 Å². The Bertz CT molecular complexity index is 396. The van der Waals surface area contributed by atoms with Gasteiger partial charge in [0.15, 0.2) is 0 Å². The van der Waals surface area contributed by atoms with Crippen molar-refractivity contribution < 1.29 is 13.2 Å². The highest BCUT2D eigenvalue weighted by Crippen LogP contribution is 2.29. The van der Waals surface area contributed by atoms with Crippen molar-refractivity contribution in [3.05, 3.63) is 47.5 Å². The number of rotatable bonds is 4. The summed E-state index contributed by atoms with van der Waals surface area (Å²) in [5.41, 5.74) is 6.74. The first kappa shape index (κ1) is 13.8. The third kappa shape index (κ3) is 4.61. The van der Waals surface area contributed by atoms with Crippen LogP contribution >= 0.6 is 0 Å². The van der Waals surface area contributed by atoms with Crippen molar-refractivity contribution in [1.29, 1.82) is 0 Å². The van der Waals surface area contributed by atoms with Gasteiger partial charge in [-0.1, -0.05) is 23.8 Å². The van der Waals surface area contributed by atoms with Crippen molar-refractivity contribution in [3.8, 4) is 0 Å². The zero-order valence-electron chi connectivity index (χ0n) is 9.72. The number of hydrogen-bond acceptors (Lipinski definition) is 1. The summed E-state index contributed by atoms with van der Waals surface area (Å²) in [6, 6.07) is 5.10. The van der Waals surface area contributed by atoms with Crippen molar-refractivity contribution in [3.63, 3.8) is 0 Å². The lowest BCUT2D eigenvalue weighted by atomic mass is 9.99. The molecular formula is C13H16F3N. The maximum Gasteiger partial charge on any atom is 0.416 e. The first-order valence-electron chi connectivity index (χ1n) is 5.35. The highest BCUT2D eigenvalue weighted by Gasteiger charge is 2.30. The van der Waals surface area contributed by atoms with Gasteiger partial charge in [0.25, 0.3) is 0 Å². The number of nitrogens with two attached hydrogens (primary N) is 1. The van der Waals surface area contributed by atoms with Crippen LogP contribution in [0.2, 0.25) is 0 Å². The van der Waals surface area contributed by atoms with Crippen LogP contribution in [-0.2, 0) is 12.6 Å². The molecule has 17 heavy (non-hydrogen) atoms. The average molecular weight is 243 g/mol. The van der Waals surface area contributed by atoms with Gasteiger partial charge in [-0.25, -0.2) is 0 Å². The van der Waals surface area contributed by atoms with E-state index >= 15 is 0 Å². The van der Waals surface area contributed by atoms with E-state index < -0.39 is 11.7 Å². The molecule has 0 bridgehead atoms. The summed E-state index contributed by atoms with van der Waals surface area (Å²) in [7, 11) is 0. The van der Waals surface area contributed by atoms with Gasteiger partial charge in [-0.15, -0.1) is 6.58 Å². The topological polar surface area (TPSA) is 26.0 Å². The summed E-state index contributed by atoms with van der Waals surface area (Å²) in [5, 5.41) is 0. The fourth-order valence-corrected chi connectivity index (χ4v) is 1.70. The monoisotopic (exact) mass is 243 g/mol. The van der Waals surface area contributed by atoms with Gasteiger partial charge in [-0.05, 0) is 31.4 Å². The predicted octanol–water partition coefficient (Wildman–Crippen LogP) is 3.54. The summed E-state index contributed by atoms with van der Waals surface area (Å²) in [5.74, 6) is 0. The van der Waals surface area contributed by atoms with Gasteiger partial charge in [0.05, 0.1) is 5.56 Å². The Morgan fingerprint density at radius 1 is 1.41 bits per heavy atom. The summed E-state index contributed by atoms with van der Waals surface area (Å²) in [6.07, 6.45) is -3.25. The van der Waals surface area contributed by atoms with E-state index in [1.54, 1.807) is 6.07 Å². The van der Waals surface area contributed by atoms with Gasteiger partial charge in [-0.3, -0.25) is 0 Å². The Morgan fingerprint density at radius 2 is 2.06 bits per heavy atom. The van der Waals surface area contributed by atoms with Crippen molar-refractivity contribution in [2.24, 2.45) is 5.73 Å². The lowest BCUT2D eigenvalue weighted by Crippen LogP contribution is -2.23. The van der Waals surface area contributed by atoms with Gasteiger partial charge >= 0.3 is 6.18 Å². The molecule has 0 radical (unpaired) electrons. The Morgan fingerprint density at radius 3 is 2.59 bits per heavy atom. The lowest BCUT2D eigenvalue weighted by Gasteiger charge is -2.13. The van der Waals surface area contributed by atoms with Crippen LogP contribution in [0.25, 0.3) is 0 Å². The summed E-state index contributed by atoms with van der Waals surface area (Å²) >= 11 is 0. The van der Waals surface area contributed by atoms with Crippen molar-refractivity contribution >= 4 is 0 Å². The molecular weight excluding hydrogens is 227 g/mol. The van der Waals surface area contributed by atoms with Crippen molar-refractivity contribution in [1.82, 2.24) is 0 Å². The minimum absolute atomic E-state index is 0.184. The van der Waals surface area contributed by atoms with Gasteiger partial charge in [0, 0.05) is 6.04 Å². The molecule has 1 atom stereocenters. The number of alkyl halides is 3. The maximum atomic E-state index is 12.5. The normalized spacial score (nSPS) is 13.5. The van der Waals surface area contributed by atoms with Crippen LogP contribution in [0.15, 0.2) is 36.4 Å². The van der Waals surface area contributed by atoms with Gasteiger partial charge in [0.2, 0.25) is 0 Å². The lowest BCUT2D eigenvalue weighted by molar-refractivity contribution is -0.137. The molecule has 2 N–H and O–H groups in total. The molecule has 0 saturated carbocycles. The zero-order chi connectivity index (χ0) is 13.1. The van der Waals surface area contributed by atoms with Crippen LogP contribution in [0.5, 0.6) is 0 Å². The second-order valence-corrected chi connectivity index (χ2v) is 4.32. The molecule has 94 valence electrons. The van der Waals surface area contributed by atoms with E-state index in [1.165, 1.54) is 6.07 Å². The molecule has 1 aromatic carbocycles. The van der Waals surface area contributed by atoms with E-state index in [4.69, 9.17) is 5.73 Å². The molecule has 0 aliphatic carbocycles. The molecule has 0 amide bonds. The molecule has 0 aliphatic rings. The molecule has 1 rings (SSSR count). The molecule has 0 saturated heterocycles. The second-order valence-electron chi connectivity index (χ2n) is 4.32. The smallest absolute Gasteiger partial charge is 0.327 e. The minimum Gasteiger partial charge on any atom is -0.327 e. The summed E-state index contributed by atoms with van der Waals surface area (Å²) < 4.78 is 37.4. The Labute approximate surface area is 99.1 Å². The molecule has 1 nitrogen and oxygen atoms in total. The van der Waals surface area contributed by atoms with Crippen LogP contribution in [-0.4, -0.2) is 6.04 Å². The quantitative estimate of drug-likeness (QED) is 0.804. The molecule has 4 heteroatoms. The predicted molar refractivity (Wildman–Crippen MR) is 62.6 cm³/mol. The van der Waals surface area contributed by atoms with E-state index in [0.717, 1.165) is 17.7 Å². The first-order valence-corrected chi connectivity index (χ1v) is 5.35. The van der Waals surface area contributed by atoms with E-state index in [-0.39, 0.29) is 6.04 Å². The maximum absolute atomic E-state index is 12.5. The van der Waals surface area contributed by atoms with E-state index in [1.807, 2.05) is 6.92 Å². The van der Waals surface area contributed by atoms with E-state index in [9.17, 15) is 13.2 Å². The Balaban J connectivity index is 2.76. The third-order valence-electron chi connectivity index (χ3n) is 2.36. The summed E-state index contributed by atoms with van der Waals surface area (Å²) in [6.45, 7) is 5.59. The number of benzene rings is 1. The first-order chi connectivity index (χ1) is 7.79. The SMILES string of the molecule is C=C(C)CC(N)Cc1cccc(C(F)(F)F)c1. The van der Waals surface area contributed by atoms with Crippen molar-refractivity contribution in [2.45, 2.75) is 32.0 Å². The average Bonchev–Trinajstić information content (AvgIpc) is 2.15. The van der Waals surface area contributed by atoms with Crippen LogP contribution in [0.1, 0.15) is 24.5 Å². The number of hydrogen-bond donors (Lipinski definition) is 1. The molecule has 1 unspecified atom stereocenters. The summed E-state index contributed by atoms with van der Waals surface area (Å²) in [4.78, 5) is 0. The van der Waals surface area contributed by atoms with Gasteiger partial charge in [0.1, 0.15) is 0 Å². The van der Waals surface area contributed by atoms with Crippen LogP contribution in [0, 0.1) is 0 Å². The molecule has 0 fully saturated rings. The Kier molecular flexibility index (Phi) is 4.34. The highest BCUT2D eigenvalue weighted by atomic mass is 19.4. The zero-order valence-corrected chi connectivity index (χ0v) is 9.72. The second kappa shape index (κ2) is 5.36. The standard InChI is InChI=1S/C13H16F3N/c1-9(2)6-12(17)8-10-4-3-5-11(7-10)13(14,15)16/h3-5,7,12H,1,6,8,17H2,2H3. The molecule has 0 aromatic heterocycles. The largest absolute Gasteiger partial charge is 0.416 e. The van der Waals surface area contributed by atoms with E-state index in [2.05, 4.69) is 6.58 Å². The van der Waals surface area contributed by atoms with Gasteiger partial charge < -0.3 is 5.73 Å². The molecule has 1 aromatic rings. The fourth-order valence-electron chi connectivity index (χ4n) is 1.70.